The highest BCUT2D eigenvalue weighted by molar-refractivity contribution is 6.01. The second-order valence-corrected chi connectivity index (χ2v) is 3.50. The van der Waals surface area contributed by atoms with Crippen LogP contribution in [-0.4, -0.2) is 37.8 Å². The van der Waals surface area contributed by atoms with Gasteiger partial charge in [0.1, 0.15) is 5.75 Å². The highest BCUT2D eigenvalue weighted by Crippen LogP contribution is 2.18. The lowest BCUT2D eigenvalue weighted by Crippen LogP contribution is -2.23. The minimum atomic E-state index is -0.205. The van der Waals surface area contributed by atoms with Gasteiger partial charge in [-0.05, 0) is 25.1 Å². The van der Waals surface area contributed by atoms with Gasteiger partial charge in [-0.3, -0.25) is 9.59 Å². The fraction of sp³-hybridized carbons (Fsp3) is 0.333. The van der Waals surface area contributed by atoms with Gasteiger partial charge in [0.05, 0.1) is 12.2 Å². The number of carbonyl (C=O) groups is 2. The summed E-state index contributed by atoms with van der Waals surface area (Å²) in [6.07, 6.45) is 0.673. The van der Waals surface area contributed by atoms with E-state index in [9.17, 15) is 9.59 Å². The van der Waals surface area contributed by atoms with Crippen molar-refractivity contribution in [2.75, 3.05) is 20.7 Å². The Bertz CT molecular complexity index is 399. The zero-order chi connectivity index (χ0) is 12.1. The molecule has 0 fully saturated rings. The summed E-state index contributed by atoms with van der Waals surface area (Å²) >= 11 is 0. The standard InChI is InChI=1S/C12H15NO3/c1-4-16-10-6-5-9(8-14)11(7-10)12(15)13(2)3/h5-8H,4H2,1-3H3. The van der Waals surface area contributed by atoms with Crippen LogP contribution in [0.4, 0.5) is 0 Å². The molecule has 1 aromatic carbocycles. The zero-order valence-electron chi connectivity index (χ0n) is 9.69. The molecule has 0 bridgehead atoms. The summed E-state index contributed by atoms with van der Waals surface area (Å²) in [5.41, 5.74) is 0.744. The van der Waals surface area contributed by atoms with Gasteiger partial charge in [-0.2, -0.15) is 0 Å². The van der Waals surface area contributed by atoms with E-state index in [-0.39, 0.29) is 5.91 Å². The maximum Gasteiger partial charge on any atom is 0.254 e. The Balaban J connectivity index is 3.16. The molecule has 0 saturated carbocycles. The number of hydrogen-bond acceptors (Lipinski definition) is 3. The van der Waals surface area contributed by atoms with Crippen LogP contribution in [0.2, 0.25) is 0 Å². The van der Waals surface area contributed by atoms with E-state index in [2.05, 4.69) is 0 Å². The minimum absolute atomic E-state index is 0.205. The Labute approximate surface area is 94.8 Å². The molecule has 0 saturated heterocycles. The maximum atomic E-state index is 11.8. The van der Waals surface area contributed by atoms with E-state index in [1.165, 1.54) is 4.90 Å². The van der Waals surface area contributed by atoms with Crippen LogP contribution in [0.5, 0.6) is 5.75 Å². The Kier molecular flexibility index (Phi) is 4.05. The molecular formula is C12H15NO3. The molecule has 86 valence electrons. The SMILES string of the molecule is CCOc1ccc(C=O)c(C(=O)N(C)C)c1. The van der Waals surface area contributed by atoms with Crippen LogP contribution in [0.25, 0.3) is 0 Å². The van der Waals surface area contributed by atoms with Crippen molar-refractivity contribution < 1.29 is 14.3 Å². The Hall–Kier alpha value is -1.84. The van der Waals surface area contributed by atoms with Gasteiger partial charge in [0.25, 0.3) is 5.91 Å². The molecule has 0 heterocycles. The second kappa shape index (κ2) is 5.30. The van der Waals surface area contributed by atoms with E-state index < -0.39 is 0 Å². The van der Waals surface area contributed by atoms with Crippen LogP contribution in [0, 0.1) is 0 Å². The summed E-state index contributed by atoms with van der Waals surface area (Å²) in [7, 11) is 3.29. The van der Waals surface area contributed by atoms with Crippen molar-refractivity contribution in [2.24, 2.45) is 0 Å². The first-order chi connectivity index (χ1) is 7.60. The van der Waals surface area contributed by atoms with Crippen molar-refractivity contribution in [3.05, 3.63) is 29.3 Å². The maximum absolute atomic E-state index is 11.8. The molecule has 0 aliphatic heterocycles. The molecule has 0 aliphatic carbocycles. The van der Waals surface area contributed by atoms with Crippen molar-refractivity contribution >= 4 is 12.2 Å². The van der Waals surface area contributed by atoms with Gasteiger partial charge in [0.2, 0.25) is 0 Å². The van der Waals surface area contributed by atoms with Crippen molar-refractivity contribution in [1.82, 2.24) is 4.90 Å². The lowest BCUT2D eigenvalue weighted by molar-refractivity contribution is 0.0823. The highest BCUT2D eigenvalue weighted by atomic mass is 16.5. The molecule has 4 heteroatoms. The van der Waals surface area contributed by atoms with E-state index in [0.29, 0.717) is 29.8 Å². The largest absolute Gasteiger partial charge is 0.494 e. The van der Waals surface area contributed by atoms with Crippen molar-refractivity contribution in [3.8, 4) is 5.75 Å². The number of rotatable bonds is 4. The van der Waals surface area contributed by atoms with Crippen LogP contribution < -0.4 is 4.74 Å². The van der Waals surface area contributed by atoms with Gasteiger partial charge in [-0.1, -0.05) is 0 Å². The first-order valence-corrected chi connectivity index (χ1v) is 5.03. The van der Waals surface area contributed by atoms with Gasteiger partial charge >= 0.3 is 0 Å². The molecule has 0 radical (unpaired) electrons. The van der Waals surface area contributed by atoms with E-state index in [4.69, 9.17) is 4.74 Å². The molecule has 0 N–H and O–H groups in total. The van der Waals surface area contributed by atoms with Crippen LogP contribution in [0.15, 0.2) is 18.2 Å². The molecule has 0 aliphatic rings. The molecule has 1 aromatic rings. The van der Waals surface area contributed by atoms with Crippen LogP contribution in [0.3, 0.4) is 0 Å². The number of hydrogen-bond donors (Lipinski definition) is 0. The van der Waals surface area contributed by atoms with E-state index in [0.717, 1.165) is 0 Å². The smallest absolute Gasteiger partial charge is 0.254 e. The molecule has 1 amide bonds. The number of aldehydes is 1. The first kappa shape index (κ1) is 12.2. The lowest BCUT2D eigenvalue weighted by Gasteiger charge is -2.13. The van der Waals surface area contributed by atoms with E-state index >= 15 is 0 Å². The fourth-order valence-corrected chi connectivity index (χ4v) is 1.32. The lowest BCUT2D eigenvalue weighted by atomic mass is 10.1. The average Bonchev–Trinajstić information content (AvgIpc) is 2.28. The summed E-state index contributed by atoms with van der Waals surface area (Å²) in [5, 5.41) is 0. The third-order valence-electron chi connectivity index (χ3n) is 2.10. The third-order valence-corrected chi connectivity index (χ3v) is 2.10. The van der Waals surface area contributed by atoms with Gasteiger partial charge in [0.15, 0.2) is 6.29 Å². The summed E-state index contributed by atoms with van der Waals surface area (Å²) in [5.74, 6) is 0.391. The first-order valence-electron chi connectivity index (χ1n) is 5.03. The van der Waals surface area contributed by atoms with Crippen LogP contribution in [-0.2, 0) is 0 Å². The molecule has 0 aromatic heterocycles. The van der Waals surface area contributed by atoms with Crippen molar-refractivity contribution in [1.29, 1.82) is 0 Å². The summed E-state index contributed by atoms with van der Waals surface area (Å²) in [6, 6.07) is 4.87. The molecule has 1 rings (SSSR count). The average molecular weight is 221 g/mol. The van der Waals surface area contributed by atoms with Crippen molar-refractivity contribution in [2.45, 2.75) is 6.92 Å². The molecule has 16 heavy (non-hydrogen) atoms. The van der Waals surface area contributed by atoms with E-state index in [1.807, 2.05) is 6.92 Å². The predicted octanol–water partition coefficient (Wildman–Crippen LogP) is 1.60. The number of carbonyl (C=O) groups excluding carboxylic acids is 2. The fourth-order valence-electron chi connectivity index (χ4n) is 1.32. The quantitative estimate of drug-likeness (QED) is 0.725. The monoisotopic (exact) mass is 221 g/mol. The molecule has 4 nitrogen and oxygen atoms in total. The third kappa shape index (κ3) is 2.59. The zero-order valence-corrected chi connectivity index (χ0v) is 9.69. The molecular weight excluding hydrogens is 206 g/mol. The van der Waals surface area contributed by atoms with E-state index in [1.54, 1.807) is 32.3 Å². The highest BCUT2D eigenvalue weighted by Gasteiger charge is 2.14. The Morgan fingerprint density at radius 2 is 2.12 bits per heavy atom. The predicted molar refractivity (Wildman–Crippen MR) is 61.0 cm³/mol. The van der Waals surface area contributed by atoms with Gasteiger partial charge in [-0.25, -0.2) is 0 Å². The molecule has 0 unspecified atom stereocenters. The van der Waals surface area contributed by atoms with Gasteiger partial charge in [-0.15, -0.1) is 0 Å². The number of amides is 1. The number of nitrogens with zero attached hydrogens (tertiary/aromatic N) is 1. The van der Waals surface area contributed by atoms with Crippen LogP contribution >= 0.6 is 0 Å². The number of ether oxygens (including phenoxy) is 1. The normalized spacial score (nSPS) is 9.69. The minimum Gasteiger partial charge on any atom is -0.494 e. The Morgan fingerprint density at radius 1 is 1.44 bits per heavy atom. The molecule has 0 atom stereocenters. The van der Waals surface area contributed by atoms with Crippen LogP contribution in [0.1, 0.15) is 27.6 Å². The second-order valence-electron chi connectivity index (χ2n) is 3.50. The van der Waals surface area contributed by atoms with Gasteiger partial charge in [0, 0.05) is 19.7 Å². The van der Waals surface area contributed by atoms with Gasteiger partial charge < -0.3 is 9.64 Å². The van der Waals surface area contributed by atoms with Crippen molar-refractivity contribution in [3.63, 3.8) is 0 Å². The Morgan fingerprint density at radius 3 is 2.62 bits per heavy atom. The summed E-state index contributed by atoms with van der Waals surface area (Å²) in [4.78, 5) is 24.0. The molecule has 0 spiro atoms. The topological polar surface area (TPSA) is 46.6 Å². The number of benzene rings is 1. The summed E-state index contributed by atoms with van der Waals surface area (Å²) in [6.45, 7) is 2.39. The summed E-state index contributed by atoms with van der Waals surface area (Å²) < 4.78 is 5.29.